The van der Waals surface area contributed by atoms with E-state index in [1.165, 1.54) is 0 Å². The zero-order chi connectivity index (χ0) is 9.90. The lowest BCUT2D eigenvalue weighted by Crippen LogP contribution is -2.55. The van der Waals surface area contributed by atoms with Gasteiger partial charge in [0.2, 0.25) is 5.91 Å². The normalized spacial score (nSPS) is 21.6. The molecule has 0 spiro atoms. The van der Waals surface area contributed by atoms with E-state index < -0.39 is 0 Å². The Kier molecular flexibility index (Phi) is 3.31. The van der Waals surface area contributed by atoms with Gasteiger partial charge < -0.3 is 9.64 Å². The van der Waals surface area contributed by atoms with Crippen LogP contribution in [0, 0.1) is 0 Å². The summed E-state index contributed by atoms with van der Waals surface area (Å²) in [6, 6.07) is 0. The number of hydrogen-bond donors (Lipinski definition) is 0. The molecule has 3 heteroatoms. The topological polar surface area (TPSA) is 29.5 Å². The van der Waals surface area contributed by atoms with Crippen molar-refractivity contribution in [1.82, 2.24) is 4.90 Å². The van der Waals surface area contributed by atoms with Crippen LogP contribution in [0.1, 0.15) is 33.6 Å². The molecule has 1 heterocycles. The van der Waals surface area contributed by atoms with Crippen LogP contribution in [0.3, 0.4) is 0 Å². The van der Waals surface area contributed by atoms with Gasteiger partial charge in [-0.25, -0.2) is 0 Å². The maximum absolute atomic E-state index is 11.7. The molecule has 0 aromatic carbocycles. The fraction of sp³-hybridized carbons (Fsp3) is 0.900. The molecule has 1 rings (SSSR count). The lowest BCUT2D eigenvalue weighted by atomic mass is 10.0. The molecule has 1 aliphatic rings. The minimum atomic E-state index is -0.121. The van der Waals surface area contributed by atoms with Crippen LogP contribution < -0.4 is 0 Å². The molecule has 1 saturated heterocycles. The van der Waals surface area contributed by atoms with Crippen LogP contribution in [-0.4, -0.2) is 36.1 Å². The van der Waals surface area contributed by atoms with Crippen LogP contribution in [0.15, 0.2) is 0 Å². The zero-order valence-corrected chi connectivity index (χ0v) is 8.80. The third-order valence-electron chi connectivity index (χ3n) is 2.41. The Morgan fingerprint density at radius 1 is 1.54 bits per heavy atom. The molecule has 0 radical (unpaired) electrons. The molecule has 0 aliphatic carbocycles. The minimum absolute atomic E-state index is 0.121. The zero-order valence-electron chi connectivity index (χ0n) is 8.80. The van der Waals surface area contributed by atoms with Gasteiger partial charge in [0.25, 0.3) is 0 Å². The van der Waals surface area contributed by atoms with Gasteiger partial charge in [0, 0.05) is 13.0 Å². The van der Waals surface area contributed by atoms with Crippen molar-refractivity contribution in [1.29, 1.82) is 0 Å². The number of nitrogens with zero attached hydrogens (tertiary/aromatic N) is 1. The maximum atomic E-state index is 11.7. The molecular formula is C10H19NO2. The number of rotatable bonds is 2. The van der Waals surface area contributed by atoms with Gasteiger partial charge in [-0.05, 0) is 20.3 Å². The number of morpholine rings is 1. The molecule has 3 nitrogen and oxygen atoms in total. The molecule has 0 N–H and O–H groups in total. The smallest absolute Gasteiger partial charge is 0.223 e. The molecule has 13 heavy (non-hydrogen) atoms. The Morgan fingerprint density at radius 2 is 2.23 bits per heavy atom. The fourth-order valence-corrected chi connectivity index (χ4v) is 1.67. The van der Waals surface area contributed by atoms with Crippen LogP contribution in [0.4, 0.5) is 0 Å². The SMILES string of the molecule is CCCC(=O)N1CCOCC1(C)C. The van der Waals surface area contributed by atoms with E-state index in [2.05, 4.69) is 13.8 Å². The van der Waals surface area contributed by atoms with Crippen molar-refractivity contribution < 1.29 is 9.53 Å². The molecule has 1 aliphatic heterocycles. The largest absolute Gasteiger partial charge is 0.377 e. The number of hydrogen-bond acceptors (Lipinski definition) is 2. The number of ether oxygens (including phenoxy) is 1. The van der Waals surface area contributed by atoms with Crippen LogP contribution in [0.2, 0.25) is 0 Å². The van der Waals surface area contributed by atoms with E-state index in [1.54, 1.807) is 0 Å². The van der Waals surface area contributed by atoms with Gasteiger partial charge in [-0.15, -0.1) is 0 Å². The van der Waals surface area contributed by atoms with Crippen LogP contribution >= 0.6 is 0 Å². The second-order valence-electron chi connectivity index (χ2n) is 4.16. The molecule has 0 atom stereocenters. The highest BCUT2D eigenvalue weighted by atomic mass is 16.5. The highest BCUT2D eigenvalue weighted by Gasteiger charge is 2.33. The summed E-state index contributed by atoms with van der Waals surface area (Å²) in [4.78, 5) is 13.6. The Labute approximate surface area is 80.1 Å². The third-order valence-corrected chi connectivity index (χ3v) is 2.41. The standard InChI is InChI=1S/C10H19NO2/c1-4-5-9(12)11-6-7-13-8-10(11,2)3/h4-8H2,1-3H3. The molecule has 0 aromatic rings. The first-order valence-corrected chi connectivity index (χ1v) is 4.96. The van der Waals surface area contributed by atoms with Gasteiger partial charge >= 0.3 is 0 Å². The molecule has 0 aromatic heterocycles. The molecule has 0 unspecified atom stereocenters. The van der Waals surface area contributed by atoms with E-state index in [0.29, 0.717) is 19.6 Å². The van der Waals surface area contributed by atoms with Gasteiger partial charge in [0.1, 0.15) is 0 Å². The van der Waals surface area contributed by atoms with Crippen LogP contribution in [0.25, 0.3) is 0 Å². The quantitative estimate of drug-likeness (QED) is 0.651. The summed E-state index contributed by atoms with van der Waals surface area (Å²) in [5, 5.41) is 0. The first-order valence-electron chi connectivity index (χ1n) is 4.96. The Hall–Kier alpha value is -0.570. The van der Waals surface area contributed by atoms with E-state index >= 15 is 0 Å². The first-order chi connectivity index (χ1) is 6.08. The average Bonchev–Trinajstić information content (AvgIpc) is 2.03. The minimum Gasteiger partial charge on any atom is -0.377 e. The van der Waals surface area contributed by atoms with E-state index in [1.807, 2.05) is 11.8 Å². The van der Waals surface area contributed by atoms with Crippen molar-refractivity contribution in [2.45, 2.75) is 39.2 Å². The van der Waals surface area contributed by atoms with E-state index in [-0.39, 0.29) is 11.4 Å². The van der Waals surface area contributed by atoms with Crippen molar-refractivity contribution in [3.8, 4) is 0 Å². The second-order valence-corrected chi connectivity index (χ2v) is 4.16. The van der Waals surface area contributed by atoms with Gasteiger partial charge in [-0.3, -0.25) is 4.79 Å². The number of carbonyl (C=O) groups is 1. The Balaban J connectivity index is 2.59. The Morgan fingerprint density at radius 3 is 2.77 bits per heavy atom. The first kappa shape index (κ1) is 10.5. The van der Waals surface area contributed by atoms with Gasteiger partial charge in [0.15, 0.2) is 0 Å². The molecule has 1 fully saturated rings. The molecular weight excluding hydrogens is 166 g/mol. The summed E-state index contributed by atoms with van der Waals surface area (Å²) in [6.45, 7) is 8.22. The summed E-state index contributed by atoms with van der Waals surface area (Å²) in [5.74, 6) is 0.260. The van der Waals surface area contributed by atoms with Crippen LogP contribution in [0.5, 0.6) is 0 Å². The number of amides is 1. The summed E-state index contributed by atoms with van der Waals surface area (Å²) in [6.07, 6.45) is 1.58. The highest BCUT2D eigenvalue weighted by molar-refractivity contribution is 5.77. The van der Waals surface area contributed by atoms with E-state index in [0.717, 1.165) is 13.0 Å². The van der Waals surface area contributed by atoms with Gasteiger partial charge in [-0.1, -0.05) is 6.92 Å². The summed E-state index contributed by atoms with van der Waals surface area (Å²) >= 11 is 0. The lowest BCUT2D eigenvalue weighted by molar-refractivity contribution is -0.146. The van der Waals surface area contributed by atoms with E-state index in [9.17, 15) is 4.79 Å². The van der Waals surface area contributed by atoms with Gasteiger partial charge in [0.05, 0.1) is 18.8 Å². The molecule has 0 bridgehead atoms. The van der Waals surface area contributed by atoms with Gasteiger partial charge in [-0.2, -0.15) is 0 Å². The van der Waals surface area contributed by atoms with Crippen LogP contribution in [-0.2, 0) is 9.53 Å². The summed E-state index contributed by atoms with van der Waals surface area (Å²) in [7, 11) is 0. The van der Waals surface area contributed by atoms with E-state index in [4.69, 9.17) is 4.74 Å². The van der Waals surface area contributed by atoms with Crippen molar-refractivity contribution in [3.05, 3.63) is 0 Å². The highest BCUT2D eigenvalue weighted by Crippen LogP contribution is 2.19. The second kappa shape index (κ2) is 4.09. The molecule has 76 valence electrons. The third kappa shape index (κ3) is 2.44. The van der Waals surface area contributed by atoms with Crippen molar-refractivity contribution in [2.75, 3.05) is 19.8 Å². The lowest BCUT2D eigenvalue weighted by Gasteiger charge is -2.42. The average molecular weight is 185 g/mol. The Bertz CT molecular complexity index is 189. The predicted octanol–water partition coefficient (Wildman–Crippen LogP) is 1.42. The summed E-state index contributed by atoms with van der Waals surface area (Å²) < 4.78 is 5.35. The monoisotopic (exact) mass is 185 g/mol. The maximum Gasteiger partial charge on any atom is 0.223 e. The van der Waals surface area contributed by atoms with Crippen molar-refractivity contribution in [2.24, 2.45) is 0 Å². The predicted molar refractivity (Wildman–Crippen MR) is 51.5 cm³/mol. The molecule has 1 amide bonds. The number of carbonyl (C=O) groups excluding carboxylic acids is 1. The summed E-state index contributed by atoms with van der Waals surface area (Å²) in [5.41, 5.74) is -0.121. The van der Waals surface area contributed by atoms with Crippen molar-refractivity contribution >= 4 is 5.91 Å². The van der Waals surface area contributed by atoms with Crippen molar-refractivity contribution in [3.63, 3.8) is 0 Å². The fourth-order valence-electron chi connectivity index (χ4n) is 1.67. The molecule has 0 saturated carbocycles.